The summed E-state index contributed by atoms with van der Waals surface area (Å²) in [5.41, 5.74) is 2.43. The number of aromatic carboxylic acids is 1. The number of carboxylic acids is 1. The Morgan fingerprint density at radius 3 is 2.65 bits per heavy atom. The maximum atomic E-state index is 11.1. The Hall–Kier alpha value is -2.76. The van der Waals surface area contributed by atoms with Crippen molar-refractivity contribution in [3.63, 3.8) is 0 Å². The summed E-state index contributed by atoms with van der Waals surface area (Å²) in [5, 5.41) is 23.8. The van der Waals surface area contributed by atoms with Crippen LogP contribution in [0.4, 0.5) is 0 Å². The van der Waals surface area contributed by atoms with Gasteiger partial charge in [0.05, 0.1) is 5.69 Å². The summed E-state index contributed by atoms with van der Waals surface area (Å²) in [5.74, 6) is -0.853. The van der Waals surface area contributed by atoms with Crippen LogP contribution in [0.2, 0.25) is 0 Å². The summed E-state index contributed by atoms with van der Waals surface area (Å²) in [4.78, 5) is 11.1. The number of benzene rings is 1. The normalized spacial score (nSPS) is 11.1. The second-order valence-electron chi connectivity index (χ2n) is 4.70. The minimum atomic E-state index is -1.02. The lowest BCUT2D eigenvalue weighted by molar-refractivity contribution is 0.0685. The summed E-state index contributed by atoms with van der Waals surface area (Å²) < 4.78 is 3.25. The van der Waals surface area contributed by atoms with Crippen LogP contribution in [0.1, 0.15) is 10.5 Å². The SMILES string of the molecule is Cn1nc(-c2cn(C)c3ccc(O)cc23)cc1C(=O)O. The zero-order valence-electron chi connectivity index (χ0n) is 11.0. The Balaban J connectivity index is 2.27. The highest BCUT2D eigenvalue weighted by Gasteiger charge is 2.16. The van der Waals surface area contributed by atoms with Gasteiger partial charge in [0.1, 0.15) is 11.4 Å². The molecule has 1 aromatic carbocycles. The summed E-state index contributed by atoms with van der Waals surface area (Å²) in [7, 11) is 3.49. The Morgan fingerprint density at radius 1 is 1.25 bits per heavy atom. The van der Waals surface area contributed by atoms with Crippen LogP contribution in [0.3, 0.4) is 0 Å². The van der Waals surface area contributed by atoms with Crippen molar-refractivity contribution in [3.05, 3.63) is 36.2 Å². The molecule has 0 saturated heterocycles. The Morgan fingerprint density at radius 2 is 2.00 bits per heavy atom. The summed E-state index contributed by atoms with van der Waals surface area (Å²) in [6.45, 7) is 0. The van der Waals surface area contributed by atoms with Crippen LogP contribution in [-0.4, -0.2) is 30.5 Å². The fourth-order valence-corrected chi connectivity index (χ4v) is 2.38. The van der Waals surface area contributed by atoms with Gasteiger partial charge in [-0.3, -0.25) is 4.68 Å². The molecule has 0 saturated carbocycles. The zero-order chi connectivity index (χ0) is 14.4. The summed E-state index contributed by atoms with van der Waals surface area (Å²) in [6, 6.07) is 6.61. The zero-order valence-corrected chi connectivity index (χ0v) is 11.0. The van der Waals surface area contributed by atoms with Gasteiger partial charge >= 0.3 is 5.97 Å². The van der Waals surface area contributed by atoms with Crippen molar-refractivity contribution in [1.29, 1.82) is 0 Å². The Bertz CT molecular complexity index is 830. The monoisotopic (exact) mass is 271 g/mol. The van der Waals surface area contributed by atoms with Crippen LogP contribution in [0, 0.1) is 0 Å². The molecule has 0 bridgehead atoms. The number of phenols is 1. The first-order valence-corrected chi connectivity index (χ1v) is 6.03. The van der Waals surface area contributed by atoms with E-state index in [1.165, 1.54) is 10.7 Å². The minimum Gasteiger partial charge on any atom is -0.508 e. The Labute approximate surface area is 114 Å². The number of hydrogen-bond acceptors (Lipinski definition) is 3. The van der Waals surface area contributed by atoms with Crippen molar-refractivity contribution in [2.45, 2.75) is 0 Å². The molecule has 0 aliphatic heterocycles. The molecule has 0 spiro atoms. The third-order valence-corrected chi connectivity index (χ3v) is 3.35. The lowest BCUT2D eigenvalue weighted by Crippen LogP contribution is -2.04. The van der Waals surface area contributed by atoms with E-state index < -0.39 is 5.97 Å². The van der Waals surface area contributed by atoms with Crippen molar-refractivity contribution in [3.8, 4) is 17.0 Å². The lowest BCUT2D eigenvalue weighted by Gasteiger charge is -1.96. The number of nitrogens with zero attached hydrogens (tertiary/aromatic N) is 3. The topological polar surface area (TPSA) is 80.3 Å². The second-order valence-corrected chi connectivity index (χ2v) is 4.70. The van der Waals surface area contributed by atoms with Gasteiger partial charge in [0.2, 0.25) is 0 Å². The summed E-state index contributed by atoms with van der Waals surface area (Å²) in [6.07, 6.45) is 1.87. The third kappa shape index (κ3) is 1.73. The molecule has 0 aliphatic carbocycles. The van der Waals surface area contributed by atoms with E-state index >= 15 is 0 Å². The van der Waals surface area contributed by atoms with E-state index in [0.717, 1.165) is 16.5 Å². The van der Waals surface area contributed by atoms with Crippen molar-refractivity contribution >= 4 is 16.9 Å². The molecule has 20 heavy (non-hydrogen) atoms. The number of hydrogen-bond donors (Lipinski definition) is 2. The molecule has 3 rings (SSSR count). The molecule has 2 N–H and O–H groups in total. The molecular formula is C14H13N3O3. The number of fused-ring (bicyclic) bond motifs is 1. The molecular weight excluding hydrogens is 258 g/mol. The maximum Gasteiger partial charge on any atom is 0.354 e. The number of phenolic OH excluding ortho intramolecular Hbond substituents is 1. The smallest absolute Gasteiger partial charge is 0.354 e. The standard InChI is InChI=1S/C14H13N3O3/c1-16-7-10(9-5-8(18)3-4-12(9)16)11-6-13(14(19)20)17(2)15-11/h3-7,18H,1-2H3,(H,19,20). The van der Waals surface area contributed by atoms with E-state index in [1.54, 1.807) is 19.2 Å². The fraction of sp³-hybridized carbons (Fsp3) is 0.143. The first-order valence-electron chi connectivity index (χ1n) is 6.03. The van der Waals surface area contributed by atoms with E-state index in [2.05, 4.69) is 5.10 Å². The molecule has 0 fully saturated rings. The van der Waals surface area contributed by atoms with Crippen LogP contribution in [0.25, 0.3) is 22.2 Å². The van der Waals surface area contributed by atoms with Gasteiger partial charge in [-0.15, -0.1) is 0 Å². The maximum absolute atomic E-state index is 11.1. The number of carboxylic acid groups (broad SMARTS) is 1. The van der Waals surface area contributed by atoms with E-state index in [-0.39, 0.29) is 11.4 Å². The molecule has 3 aromatic rings. The average molecular weight is 271 g/mol. The van der Waals surface area contributed by atoms with Gasteiger partial charge in [0.25, 0.3) is 0 Å². The van der Waals surface area contributed by atoms with Gasteiger partial charge in [0.15, 0.2) is 0 Å². The van der Waals surface area contributed by atoms with Crippen LogP contribution in [-0.2, 0) is 14.1 Å². The van der Waals surface area contributed by atoms with Crippen molar-refractivity contribution < 1.29 is 15.0 Å². The minimum absolute atomic E-state index is 0.122. The number of rotatable bonds is 2. The van der Waals surface area contributed by atoms with Gasteiger partial charge in [-0.2, -0.15) is 5.10 Å². The van der Waals surface area contributed by atoms with Crippen LogP contribution in [0.5, 0.6) is 5.75 Å². The van der Waals surface area contributed by atoms with Gasteiger partial charge in [-0.25, -0.2) is 4.79 Å². The molecule has 0 radical (unpaired) electrons. The quantitative estimate of drug-likeness (QED) is 0.747. The molecule has 2 heterocycles. The highest BCUT2D eigenvalue weighted by atomic mass is 16.4. The van der Waals surface area contributed by atoms with E-state index in [9.17, 15) is 9.90 Å². The highest BCUT2D eigenvalue weighted by Crippen LogP contribution is 2.31. The largest absolute Gasteiger partial charge is 0.508 e. The van der Waals surface area contributed by atoms with Gasteiger partial charge in [0, 0.05) is 36.8 Å². The molecule has 2 aromatic heterocycles. The highest BCUT2D eigenvalue weighted by molar-refractivity contribution is 5.97. The first-order chi connectivity index (χ1) is 9.47. The summed E-state index contributed by atoms with van der Waals surface area (Å²) >= 11 is 0. The lowest BCUT2D eigenvalue weighted by atomic mass is 10.1. The average Bonchev–Trinajstić information content (AvgIpc) is 2.90. The molecule has 6 heteroatoms. The van der Waals surface area contributed by atoms with Gasteiger partial charge < -0.3 is 14.8 Å². The number of carbonyl (C=O) groups is 1. The number of aromatic nitrogens is 3. The van der Waals surface area contributed by atoms with E-state index in [0.29, 0.717) is 5.69 Å². The van der Waals surface area contributed by atoms with Crippen LogP contribution in [0.15, 0.2) is 30.5 Å². The Kier molecular flexibility index (Phi) is 2.53. The van der Waals surface area contributed by atoms with Crippen molar-refractivity contribution in [1.82, 2.24) is 14.3 Å². The number of aromatic hydroxyl groups is 1. The van der Waals surface area contributed by atoms with E-state index in [4.69, 9.17) is 5.11 Å². The molecule has 0 aliphatic rings. The van der Waals surface area contributed by atoms with Crippen LogP contribution >= 0.6 is 0 Å². The predicted molar refractivity (Wildman–Crippen MR) is 73.7 cm³/mol. The molecule has 102 valence electrons. The molecule has 0 atom stereocenters. The second kappa shape index (κ2) is 4.12. The third-order valence-electron chi connectivity index (χ3n) is 3.35. The van der Waals surface area contributed by atoms with E-state index in [1.807, 2.05) is 23.9 Å². The van der Waals surface area contributed by atoms with Gasteiger partial charge in [-0.1, -0.05) is 0 Å². The predicted octanol–water partition coefficient (Wildman–Crippen LogP) is 1.98. The molecule has 0 unspecified atom stereocenters. The first kappa shape index (κ1) is 12.3. The number of aryl methyl sites for hydroxylation is 2. The fourth-order valence-electron chi connectivity index (χ4n) is 2.38. The van der Waals surface area contributed by atoms with Crippen molar-refractivity contribution in [2.75, 3.05) is 0 Å². The molecule has 6 nitrogen and oxygen atoms in total. The van der Waals surface area contributed by atoms with Gasteiger partial charge in [-0.05, 0) is 24.3 Å². The van der Waals surface area contributed by atoms with Crippen molar-refractivity contribution in [2.24, 2.45) is 14.1 Å². The van der Waals surface area contributed by atoms with Crippen LogP contribution < -0.4 is 0 Å². The molecule has 0 amide bonds.